The van der Waals surface area contributed by atoms with Crippen molar-refractivity contribution < 1.29 is 9.59 Å². The number of rotatable bonds is 4. The van der Waals surface area contributed by atoms with Crippen molar-refractivity contribution in [1.82, 2.24) is 4.90 Å². The summed E-state index contributed by atoms with van der Waals surface area (Å²) in [5, 5.41) is 5.51. The maximum Gasteiger partial charge on any atom is 0.323 e. The van der Waals surface area contributed by atoms with Crippen LogP contribution in [0.1, 0.15) is 23.7 Å². The molecule has 144 valence electrons. The number of amides is 3. The summed E-state index contributed by atoms with van der Waals surface area (Å²) in [4.78, 5) is 26.6. The van der Waals surface area contributed by atoms with E-state index in [2.05, 4.69) is 17.6 Å². The number of hydrogen-bond acceptors (Lipinski definition) is 3. The summed E-state index contributed by atoms with van der Waals surface area (Å²) in [5.41, 5.74) is 7.69. The number of urea groups is 1. The molecule has 0 bridgehead atoms. The van der Waals surface area contributed by atoms with E-state index in [0.717, 1.165) is 6.42 Å². The molecule has 0 radical (unpaired) electrons. The third-order valence-electron chi connectivity index (χ3n) is 4.68. The SMILES string of the molecule is CC1CC(CN)CN1C(=O)c1ccc(NC(=O)Nc2ccccc2)cc1.Cl. The molecule has 1 aliphatic rings. The molecule has 0 spiro atoms. The van der Waals surface area contributed by atoms with Crippen molar-refractivity contribution in [2.45, 2.75) is 19.4 Å². The lowest BCUT2D eigenvalue weighted by Gasteiger charge is -2.21. The molecular formula is C20H25ClN4O2. The van der Waals surface area contributed by atoms with Gasteiger partial charge in [-0.15, -0.1) is 12.4 Å². The monoisotopic (exact) mass is 388 g/mol. The molecule has 1 heterocycles. The second-order valence-corrected chi connectivity index (χ2v) is 6.67. The van der Waals surface area contributed by atoms with Crippen LogP contribution in [-0.2, 0) is 0 Å². The Morgan fingerprint density at radius 1 is 1.04 bits per heavy atom. The molecule has 0 aromatic heterocycles. The number of halogens is 1. The Morgan fingerprint density at radius 2 is 1.63 bits per heavy atom. The number of carbonyl (C=O) groups excluding carboxylic acids is 2. The largest absolute Gasteiger partial charge is 0.336 e. The molecule has 1 aliphatic heterocycles. The van der Waals surface area contributed by atoms with Crippen LogP contribution in [-0.4, -0.2) is 36.0 Å². The number of nitrogens with two attached hydrogens (primary N) is 1. The van der Waals surface area contributed by atoms with E-state index < -0.39 is 0 Å². The highest BCUT2D eigenvalue weighted by Crippen LogP contribution is 2.24. The zero-order valence-electron chi connectivity index (χ0n) is 15.2. The highest BCUT2D eigenvalue weighted by molar-refractivity contribution is 6.00. The molecule has 0 saturated carbocycles. The summed E-state index contributed by atoms with van der Waals surface area (Å²) in [7, 11) is 0. The van der Waals surface area contributed by atoms with E-state index in [1.165, 1.54) is 0 Å². The maximum absolute atomic E-state index is 12.7. The average molecular weight is 389 g/mol. The van der Waals surface area contributed by atoms with Gasteiger partial charge in [0.05, 0.1) is 0 Å². The highest BCUT2D eigenvalue weighted by atomic mass is 35.5. The lowest BCUT2D eigenvalue weighted by Crippen LogP contribution is -2.34. The van der Waals surface area contributed by atoms with Gasteiger partial charge in [0.15, 0.2) is 0 Å². The number of carbonyl (C=O) groups is 2. The molecule has 2 aromatic rings. The smallest absolute Gasteiger partial charge is 0.323 e. The molecule has 6 nitrogen and oxygen atoms in total. The summed E-state index contributed by atoms with van der Waals surface area (Å²) in [6.07, 6.45) is 0.946. The number of likely N-dealkylation sites (tertiary alicyclic amines) is 1. The molecule has 3 amide bonds. The minimum Gasteiger partial charge on any atom is -0.336 e. The van der Waals surface area contributed by atoms with Crippen molar-refractivity contribution in [3.8, 4) is 0 Å². The van der Waals surface area contributed by atoms with Crippen LogP contribution in [0.25, 0.3) is 0 Å². The predicted molar refractivity (Wildman–Crippen MR) is 110 cm³/mol. The van der Waals surface area contributed by atoms with Crippen LogP contribution in [0.4, 0.5) is 16.2 Å². The lowest BCUT2D eigenvalue weighted by molar-refractivity contribution is 0.0743. The Kier molecular flexibility index (Phi) is 7.21. The molecule has 2 aromatic carbocycles. The minimum atomic E-state index is -0.325. The van der Waals surface area contributed by atoms with E-state index in [1.54, 1.807) is 24.3 Å². The fourth-order valence-corrected chi connectivity index (χ4v) is 3.27. The molecule has 27 heavy (non-hydrogen) atoms. The van der Waals surface area contributed by atoms with Crippen LogP contribution >= 0.6 is 12.4 Å². The second kappa shape index (κ2) is 9.39. The summed E-state index contributed by atoms with van der Waals surface area (Å²) in [6.45, 7) is 3.36. The van der Waals surface area contributed by atoms with Crippen LogP contribution < -0.4 is 16.4 Å². The van der Waals surface area contributed by atoms with Crippen LogP contribution in [0.15, 0.2) is 54.6 Å². The van der Waals surface area contributed by atoms with Gasteiger partial charge < -0.3 is 21.3 Å². The van der Waals surface area contributed by atoms with Crippen molar-refractivity contribution >= 4 is 35.7 Å². The fraction of sp³-hybridized carbons (Fsp3) is 0.300. The van der Waals surface area contributed by atoms with Gasteiger partial charge in [0.2, 0.25) is 0 Å². The van der Waals surface area contributed by atoms with Crippen LogP contribution in [0, 0.1) is 5.92 Å². The van der Waals surface area contributed by atoms with Crippen molar-refractivity contribution in [3.05, 3.63) is 60.2 Å². The first-order valence-corrected chi connectivity index (χ1v) is 8.81. The van der Waals surface area contributed by atoms with Gasteiger partial charge in [-0.25, -0.2) is 4.79 Å². The number of nitrogens with zero attached hydrogens (tertiary/aromatic N) is 1. The average Bonchev–Trinajstić information content (AvgIpc) is 3.03. The quantitative estimate of drug-likeness (QED) is 0.748. The highest BCUT2D eigenvalue weighted by Gasteiger charge is 2.31. The summed E-state index contributed by atoms with van der Waals surface area (Å²) in [5.74, 6) is 0.380. The standard InChI is InChI=1S/C20H24N4O2.ClH/c1-14-11-15(12-21)13-24(14)19(25)16-7-9-18(10-8-16)23-20(26)22-17-5-3-2-4-6-17;/h2-10,14-15H,11-13,21H2,1H3,(H2,22,23,26);1H. The van der Waals surface area contributed by atoms with Crippen LogP contribution in [0.2, 0.25) is 0 Å². The normalized spacial score (nSPS) is 18.5. The van der Waals surface area contributed by atoms with E-state index in [9.17, 15) is 9.59 Å². The number of benzene rings is 2. The molecule has 3 rings (SSSR count). The second-order valence-electron chi connectivity index (χ2n) is 6.67. The van der Waals surface area contributed by atoms with Gasteiger partial charge in [0.25, 0.3) is 5.91 Å². The summed E-state index contributed by atoms with van der Waals surface area (Å²) < 4.78 is 0. The van der Waals surface area contributed by atoms with E-state index in [0.29, 0.717) is 35.9 Å². The predicted octanol–water partition coefficient (Wildman–Crippen LogP) is 3.56. The maximum atomic E-state index is 12.7. The zero-order valence-corrected chi connectivity index (χ0v) is 16.0. The van der Waals surface area contributed by atoms with E-state index in [-0.39, 0.29) is 30.4 Å². The van der Waals surface area contributed by atoms with E-state index >= 15 is 0 Å². The Bertz CT molecular complexity index is 767. The van der Waals surface area contributed by atoms with Gasteiger partial charge in [0, 0.05) is 29.5 Å². The minimum absolute atomic E-state index is 0. The number of hydrogen-bond donors (Lipinski definition) is 3. The molecule has 1 saturated heterocycles. The van der Waals surface area contributed by atoms with Crippen molar-refractivity contribution in [2.75, 3.05) is 23.7 Å². The summed E-state index contributed by atoms with van der Waals surface area (Å²) in [6, 6.07) is 16.0. The molecule has 7 heteroatoms. The van der Waals surface area contributed by atoms with Gasteiger partial charge in [-0.2, -0.15) is 0 Å². The number of nitrogens with one attached hydrogen (secondary N) is 2. The lowest BCUT2D eigenvalue weighted by atomic mass is 10.1. The number of para-hydroxylation sites is 1. The van der Waals surface area contributed by atoms with E-state index in [4.69, 9.17) is 5.73 Å². The molecular weight excluding hydrogens is 364 g/mol. The van der Waals surface area contributed by atoms with Crippen molar-refractivity contribution in [1.29, 1.82) is 0 Å². The van der Waals surface area contributed by atoms with Crippen LogP contribution in [0.5, 0.6) is 0 Å². The first kappa shape index (κ1) is 20.7. The molecule has 4 N–H and O–H groups in total. The molecule has 2 atom stereocenters. The van der Waals surface area contributed by atoms with Gasteiger partial charge in [-0.05, 0) is 62.2 Å². The van der Waals surface area contributed by atoms with Gasteiger partial charge in [-0.3, -0.25) is 4.79 Å². The Labute approximate surface area is 165 Å². The van der Waals surface area contributed by atoms with Gasteiger partial charge in [-0.1, -0.05) is 18.2 Å². The Morgan fingerprint density at radius 3 is 2.19 bits per heavy atom. The number of anilines is 2. The Hall–Kier alpha value is -2.57. The Balaban J connectivity index is 0.00000261. The van der Waals surface area contributed by atoms with Gasteiger partial charge >= 0.3 is 6.03 Å². The molecule has 0 aliphatic carbocycles. The third-order valence-corrected chi connectivity index (χ3v) is 4.68. The molecule has 2 unspecified atom stereocenters. The van der Waals surface area contributed by atoms with Crippen LogP contribution in [0.3, 0.4) is 0 Å². The third kappa shape index (κ3) is 5.21. The topological polar surface area (TPSA) is 87.5 Å². The van der Waals surface area contributed by atoms with Crippen molar-refractivity contribution in [3.63, 3.8) is 0 Å². The fourth-order valence-electron chi connectivity index (χ4n) is 3.27. The first-order valence-electron chi connectivity index (χ1n) is 8.81. The van der Waals surface area contributed by atoms with E-state index in [1.807, 2.05) is 35.2 Å². The first-order chi connectivity index (χ1) is 12.6. The zero-order chi connectivity index (χ0) is 18.5. The van der Waals surface area contributed by atoms with Gasteiger partial charge in [0.1, 0.15) is 0 Å². The summed E-state index contributed by atoms with van der Waals surface area (Å²) >= 11 is 0. The molecule has 1 fully saturated rings. The van der Waals surface area contributed by atoms with Crippen molar-refractivity contribution in [2.24, 2.45) is 11.7 Å².